The molecular weight excluding hydrogens is 538 g/mol. The Morgan fingerprint density at radius 3 is 2.41 bits per heavy atom. The molecule has 0 unspecified atom stereocenters. The Morgan fingerprint density at radius 2 is 1.75 bits per heavy atom. The summed E-state index contributed by atoms with van der Waals surface area (Å²) in [5.74, 6) is 1.31. The maximum absolute atomic E-state index is 13.0. The molecule has 0 aliphatic carbocycles. The highest BCUT2D eigenvalue weighted by molar-refractivity contribution is 9.10. The minimum atomic E-state index is -3.66. The van der Waals surface area contributed by atoms with Crippen LogP contribution in [0.15, 0.2) is 51.1 Å². The summed E-state index contributed by atoms with van der Waals surface area (Å²) in [5.41, 5.74) is 1.76. The normalized spacial score (nSPS) is 15.1. The van der Waals surface area contributed by atoms with Crippen LogP contribution in [-0.4, -0.2) is 58.1 Å². The Labute approximate surface area is 204 Å². The molecule has 1 aliphatic rings. The van der Waals surface area contributed by atoms with Crippen LogP contribution in [0, 0.1) is 0 Å². The summed E-state index contributed by atoms with van der Waals surface area (Å²) in [6.07, 6.45) is 0. The molecule has 0 bridgehead atoms. The van der Waals surface area contributed by atoms with Gasteiger partial charge < -0.3 is 14.4 Å². The predicted molar refractivity (Wildman–Crippen MR) is 131 cm³/mol. The number of aromatic nitrogens is 1. The van der Waals surface area contributed by atoms with Crippen LogP contribution in [0.2, 0.25) is 5.02 Å². The number of methoxy groups -OCH3 is 2. The number of benzene rings is 2. The van der Waals surface area contributed by atoms with Gasteiger partial charge in [0.25, 0.3) is 0 Å². The number of hydrogen-bond donors (Lipinski definition) is 0. The molecule has 2 aromatic carbocycles. The molecule has 1 aromatic heterocycles. The van der Waals surface area contributed by atoms with Gasteiger partial charge in [-0.3, -0.25) is 0 Å². The Hall–Kier alpha value is -1.85. The molecule has 0 atom stereocenters. The Balaban J connectivity index is 1.47. The first-order valence-corrected chi connectivity index (χ1v) is 13.2. The van der Waals surface area contributed by atoms with E-state index in [2.05, 4.69) is 20.8 Å². The van der Waals surface area contributed by atoms with Gasteiger partial charge in [-0.25, -0.2) is 13.4 Å². The molecule has 0 amide bonds. The van der Waals surface area contributed by atoms with E-state index < -0.39 is 10.0 Å². The molecule has 0 N–H and O–H groups in total. The molecule has 32 heavy (non-hydrogen) atoms. The minimum Gasteiger partial charge on any atom is -0.493 e. The summed E-state index contributed by atoms with van der Waals surface area (Å²) < 4.78 is 39.0. The molecule has 11 heteroatoms. The molecular formula is C21H21BrClN3O4S2. The lowest BCUT2D eigenvalue weighted by Crippen LogP contribution is -2.48. The van der Waals surface area contributed by atoms with Crippen LogP contribution in [0.25, 0.3) is 11.3 Å². The van der Waals surface area contributed by atoms with Crippen LogP contribution in [0.5, 0.6) is 11.5 Å². The van der Waals surface area contributed by atoms with Gasteiger partial charge in [0.1, 0.15) is 4.90 Å². The van der Waals surface area contributed by atoms with Crippen molar-refractivity contribution in [2.45, 2.75) is 4.90 Å². The monoisotopic (exact) mass is 557 g/mol. The third-order valence-electron chi connectivity index (χ3n) is 5.19. The molecule has 1 aliphatic heterocycles. The number of hydrogen-bond acceptors (Lipinski definition) is 7. The molecule has 0 radical (unpaired) electrons. The lowest BCUT2D eigenvalue weighted by Gasteiger charge is -2.33. The fourth-order valence-electron chi connectivity index (χ4n) is 3.48. The second-order valence-electron chi connectivity index (χ2n) is 7.05. The van der Waals surface area contributed by atoms with Crippen molar-refractivity contribution in [3.63, 3.8) is 0 Å². The van der Waals surface area contributed by atoms with Gasteiger partial charge >= 0.3 is 0 Å². The zero-order valence-electron chi connectivity index (χ0n) is 17.4. The van der Waals surface area contributed by atoms with Gasteiger partial charge in [-0.2, -0.15) is 4.31 Å². The fraction of sp³-hybridized carbons (Fsp3) is 0.286. The largest absolute Gasteiger partial charge is 0.493 e. The lowest BCUT2D eigenvalue weighted by atomic mass is 10.1. The highest BCUT2D eigenvalue weighted by Gasteiger charge is 2.31. The number of sulfonamides is 1. The molecule has 4 rings (SSSR count). The second kappa shape index (κ2) is 9.56. The molecule has 0 spiro atoms. The summed E-state index contributed by atoms with van der Waals surface area (Å²) in [4.78, 5) is 6.99. The first kappa shape index (κ1) is 23.3. The Bertz CT molecular complexity index is 1230. The third-order valence-corrected chi connectivity index (χ3v) is 8.97. The summed E-state index contributed by atoms with van der Waals surface area (Å²) in [7, 11) is -0.456. The molecule has 7 nitrogen and oxygen atoms in total. The van der Waals surface area contributed by atoms with E-state index in [1.54, 1.807) is 26.4 Å². The quantitative estimate of drug-likeness (QED) is 0.435. The van der Waals surface area contributed by atoms with Crippen LogP contribution in [0.3, 0.4) is 0 Å². The third kappa shape index (κ3) is 4.60. The van der Waals surface area contributed by atoms with Gasteiger partial charge in [0.05, 0.1) is 24.9 Å². The Kier molecular flexibility index (Phi) is 6.97. The van der Waals surface area contributed by atoms with Crippen LogP contribution in [-0.2, 0) is 10.0 Å². The number of thiazole rings is 1. The molecule has 1 saturated heterocycles. The van der Waals surface area contributed by atoms with Crippen LogP contribution in [0.4, 0.5) is 5.13 Å². The van der Waals surface area contributed by atoms with Gasteiger partial charge in [0.15, 0.2) is 16.6 Å². The lowest BCUT2D eigenvalue weighted by molar-refractivity contribution is 0.355. The molecule has 2 heterocycles. The Morgan fingerprint density at radius 1 is 1.03 bits per heavy atom. The summed E-state index contributed by atoms with van der Waals surface area (Å²) in [6, 6.07) is 10.5. The first-order chi connectivity index (χ1) is 15.3. The molecule has 170 valence electrons. The second-order valence-corrected chi connectivity index (χ2v) is 11.1. The number of nitrogens with zero attached hydrogens (tertiary/aromatic N) is 3. The van der Waals surface area contributed by atoms with E-state index in [-0.39, 0.29) is 9.92 Å². The highest BCUT2D eigenvalue weighted by Crippen LogP contribution is 2.35. The van der Waals surface area contributed by atoms with Crippen molar-refractivity contribution in [1.29, 1.82) is 0 Å². The standard InChI is InChI=1S/C21H21BrClN3O4S2/c1-29-18-5-3-14(11-19(18)30-2)17-13-31-21(24-17)25-7-9-26(10-8-25)32(27,28)20-6-4-15(22)12-16(20)23/h3-6,11-13H,7-10H2,1-2H3. The maximum atomic E-state index is 13.0. The first-order valence-electron chi connectivity index (χ1n) is 9.71. The zero-order chi connectivity index (χ0) is 22.9. The van der Waals surface area contributed by atoms with Gasteiger partial charge in [-0.1, -0.05) is 27.5 Å². The molecule has 0 saturated carbocycles. The highest BCUT2D eigenvalue weighted by atomic mass is 79.9. The number of halogens is 2. The molecule has 1 fully saturated rings. The summed E-state index contributed by atoms with van der Waals surface area (Å²) in [6.45, 7) is 1.82. The van der Waals surface area contributed by atoms with Crippen molar-refractivity contribution < 1.29 is 17.9 Å². The van der Waals surface area contributed by atoms with Gasteiger partial charge in [0, 0.05) is 41.6 Å². The van der Waals surface area contributed by atoms with E-state index in [1.807, 2.05) is 23.6 Å². The van der Waals surface area contributed by atoms with Crippen molar-refractivity contribution in [2.24, 2.45) is 0 Å². The van der Waals surface area contributed by atoms with Gasteiger partial charge in [-0.15, -0.1) is 11.3 Å². The zero-order valence-corrected chi connectivity index (χ0v) is 21.4. The van der Waals surface area contributed by atoms with E-state index in [9.17, 15) is 8.42 Å². The van der Waals surface area contributed by atoms with E-state index in [0.717, 1.165) is 20.9 Å². The fourth-order valence-corrected chi connectivity index (χ4v) is 6.80. The minimum absolute atomic E-state index is 0.126. The predicted octanol–water partition coefficient (Wildman–Crippen LogP) is 4.75. The van der Waals surface area contributed by atoms with E-state index in [0.29, 0.717) is 37.7 Å². The van der Waals surface area contributed by atoms with E-state index in [4.69, 9.17) is 26.1 Å². The van der Waals surface area contributed by atoms with Crippen LogP contribution < -0.4 is 14.4 Å². The number of rotatable bonds is 6. The molecule has 3 aromatic rings. The van der Waals surface area contributed by atoms with Gasteiger partial charge in [0.2, 0.25) is 10.0 Å². The van der Waals surface area contributed by atoms with Crippen LogP contribution >= 0.6 is 38.9 Å². The maximum Gasteiger partial charge on any atom is 0.244 e. The van der Waals surface area contributed by atoms with E-state index in [1.165, 1.54) is 21.7 Å². The van der Waals surface area contributed by atoms with E-state index >= 15 is 0 Å². The van der Waals surface area contributed by atoms with Crippen molar-refractivity contribution >= 4 is 54.0 Å². The van der Waals surface area contributed by atoms with Gasteiger partial charge in [-0.05, 0) is 36.4 Å². The number of piperazine rings is 1. The van der Waals surface area contributed by atoms with Crippen molar-refractivity contribution in [2.75, 3.05) is 45.3 Å². The van der Waals surface area contributed by atoms with Crippen molar-refractivity contribution in [3.8, 4) is 22.8 Å². The average Bonchev–Trinajstić information content (AvgIpc) is 3.28. The SMILES string of the molecule is COc1ccc(-c2csc(N3CCN(S(=O)(=O)c4ccc(Br)cc4Cl)CC3)n2)cc1OC. The summed E-state index contributed by atoms with van der Waals surface area (Å²) >= 11 is 11.0. The topological polar surface area (TPSA) is 72.0 Å². The number of ether oxygens (including phenoxy) is 2. The van der Waals surface area contributed by atoms with Crippen LogP contribution in [0.1, 0.15) is 0 Å². The smallest absolute Gasteiger partial charge is 0.244 e. The van der Waals surface area contributed by atoms with Crippen molar-refractivity contribution in [3.05, 3.63) is 51.3 Å². The average molecular weight is 559 g/mol. The summed E-state index contributed by atoms with van der Waals surface area (Å²) in [5, 5.41) is 3.05. The van der Waals surface area contributed by atoms with Crippen molar-refractivity contribution in [1.82, 2.24) is 9.29 Å². The number of anilines is 1.